The van der Waals surface area contributed by atoms with E-state index in [4.69, 9.17) is 21.1 Å². The summed E-state index contributed by atoms with van der Waals surface area (Å²) in [6, 6.07) is 15.9. The highest BCUT2D eigenvalue weighted by atomic mass is 35.5. The summed E-state index contributed by atoms with van der Waals surface area (Å²) in [5.41, 5.74) is 2.30. The van der Waals surface area contributed by atoms with Crippen LogP contribution in [0, 0.1) is 0 Å². The SMILES string of the molecule is COc1ccc(Cl)cc1NC(=O)COC(=O)c1cc(C2CC2)nn1-c1ccccc1. The molecule has 0 spiro atoms. The van der Waals surface area contributed by atoms with Crippen LogP contribution < -0.4 is 10.1 Å². The number of benzene rings is 2. The topological polar surface area (TPSA) is 82.4 Å². The average Bonchev–Trinajstić information content (AvgIpc) is 3.51. The number of methoxy groups -OCH3 is 1. The second-order valence-electron chi connectivity index (χ2n) is 6.94. The van der Waals surface area contributed by atoms with Crippen LogP contribution in [0.5, 0.6) is 5.75 Å². The Labute approximate surface area is 178 Å². The molecular formula is C22H20ClN3O4. The average molecular weight is 426 g/mol. The fraction of sp³-hybridized carbons (Fsp3) is 0.227. The molecule has 0 radical (unpaired) electrons. The molecule has 7 nitrogen and oxygen atoms in total. The highest BCUT2D eigenvalue weighted by molar-refractivity contribution is 6.31. The number of ether oxygens (including phenoxy) is 2. The van der Waals surface area contributed by atoms with Crippen molar-refractivity contribution >= 4 is 29.2 Å². The molecule has 0 bridgehead atoms. The van der Waals surface area contributed by atoms with E-state index < -0.39 is 18.5 Å². The Morgan fingerprint density at radius 1 is 1.17 bits per heavy atom. The zero-order valence-corrected chi connectivity index (χ0v) is 17.1. The number of nitrogens with zero attached hydrogens (tertiary/aromatic N) is 2. The number of carbonyl (C=O) groups is 2. The number of nitrogens with one attached hydrogen (secondary N) is 1. The Kier molecular flexibility index (Phi) is 5.72. The predicted molar refractivity (Wildman–Crippen MR) is 112 cm³/mol. The summed E-state index contributed by atoms with van der Waals surface area (Å²) < 4.78 is 12.0. The Bertz CT molecular complexity index is 1080. The molecule has 1 aliphatic carbocycles. The smallest absolute Gasteiger partial charge is 0.357 e. The van der Waals surface area contributed by atoms with E-state index in [0.29, 0.717) is 22.4 Å². The Morgan fingerprint density at radius 3 is 2.63 bits per heavy atom. The lowest BCUT2D eigenvalue weighted by atomic mass is 10.2. The quantitative estimate of drug-likeness (QED) is 0.573. The predicted octanol–water partition coefficient (Wildman–Crippen LogP) is 4.21. The van der Waals surface area contributed by atoms with Gasteiger partial charge >= 0.3 is 5.97 Å². The second kappa shape index (κ2) is 8.59. The first-order valence-corrected chi connectivity index (χ1v) is 9.89. The van der Waals surface area contributed by atoms with Crippen molar-refractivity contribution in [3.63, 3.8) is 0 Å². The van der Waals surface area contributed by atoms with Crippen LogP contribution in [-0.4, -0.2) is 35.4 Å². The van der Waals surface area contributed by atoms with Gasteiger partial charge in [0.2, 0.25) is 0 Å². The van der Waals surface area contributed by atoms with Crippen LogP contribution in [0.25, 0.3) is 5.69 Å². The maximum atomic E-state index is 12.7. The number of carbonyl (C=O) groups excluding carboxylic acids is 2. The van der Waals surface area contributed by atoms with Crippen LogP contribution in [0.2, 0.25) is 5.02 Å². The summed E-state index contributed by atoms with van der Waals surface area (Å²) in [4.78, 5) is 25.0. The van der Waals surface area contributed by atoms with Crippen molar-refractivity contribution in [1.82, 2.24) is 9.78 Å². The number of aromatic nitrogens is 2. The maximum Gasteiger partial charge on any atom is 0.357 e. The van der Waals surface area contributed by atoms with Crippen LogP contribution in [-0.2, 0) is 9.53 Å². The van der Waals surface area contributed by atoms with Crippen LogP contribution in [0.15, 0.2) is 54.6 Å². The van der Waals surface area contributed by atoms with E-state index in [9.17, 15) is 9.59 Å². The van der Waals surface area contributed by atoms with Crippen LogP contribution >= 0.6 is 11.6 Å². The molecule has 0 aliphatic heterocycles. The molecule has 2 aromatic carbocycles. The first-order chi connectivity index (χ1) is 14.5. The van der Waals surface area contributed by atoms with Gasteiger partial charge in [-0.25, -0.2) is 9.48 Å². The van der Waals surface area contributed by atoms with Gasteiger partial charge in [0.05, 0.1) is 24.2 Å². The molecule has 4 rings (SSSR count). The van der Waals surface area contributed by atoms with Gasteiger partial charge in [-0.1, -0.05) is 29.8 Å². The lowest BCUT2D eigenvalue weighted by Crippen LogP contribution is -2.22. The minimum atomic E-state index is -0.619. The summed E-state index contributed by atoms with van der Waals surface area (Å²) in [6.07, 6.45) is 2.12. The largest absolute Gasteiger partial charge is 0.495 e. The number of amides is 1. The van der Waals surface area contributed by atoms with Crippen molar-refractivity contribution in [2.45, 2.75) is 18.8 Å². The van der Waals surface area contributed by atoms with Gasteiger partial charge in [0.15, 0.2) is 12.3 Å². The Balaban J connectivity index is 1.47. The first kappa shape index (κ1) is 20.0. The minimum absolute atomic E-state index is 0.288. The lowest BCUT2D eigenvalue weighted by Gasteiger charge is -2.11. The fourth-order valence-corrected chi connectivity index (χ4v) is 3.23. The summed E-state index contributed by atoms with van der Waals surface area (Å²) in [7, 11) is 1.49. The molecule has 0 unspecified atom stereocenters. The van der Waals surface area contributed by atoms with E-state index in [1.165, 1.54) is 7.11 Å². The number of halogens is 1. The molecule has 154 valence electrons. The molecule has 1 saturated carbocycles. The van der Waals surface area contributed by atoms with Crippen molar-refractivity contribution in [3.8, 4) is 11.4 Å². The molecule has 1 aromatic heterocycles. The fourth-order valence-electron chi connectivity index (χ4n) is 3.06. The van der Waals surface area contributed by atoms with Crippen LogP contribution in [0.1, 0.15) is 34.9 Å². The first-order valence-electron chi connectivity index (χ1n) is 9.51. The van der Waals surface area contributed by atoms with Crippen molar-refractivity contribution < 1.29 is 19.1 Å². The highest BCUT2D eigenvalue weighted by Crippen LogP contribution is 2.39. The zero-order chi connectivity index (χ0) is 21.1. The number of esters is 1. The Hall–Kier alpha value is -3.32. The molecule has 1 amide bonds. The van der Waals surface area contributed by atoms with Crippen molar-refractivity contribution in [3.05, 3.63) is 71.0 Å². The van der Waals surface area contributed by atoms with Crippen LogP contribution in [0.3, 0.4) is 0 Å². The monoisotopic (exact) mass is 425 g/mol. The number of hydrogen-bond acceptors (Lipinski definition) is 5. The van der Waals surface area contributed by atoms with Crippen molar-refractivity contribution in [2.75, 3.05) is 19.0 Å². The number of hydrogen-bond donors (Lipinski definition) is 1. The van der Waals surface area contributed by atoms with E-state index in [2.05, 4.69) is 10.4 Å². The third kappa shape index (κ3) is 4.46. The van der Waals surface area contributed by atoms with Crippen LogP contribution in [0.4, 0.5) is 5.69 Å². The molecule has 8 heteroatoms. The summed E-state index contributed by atoms with van der Waals surface area (Å²) >= 11 is 5.97. The number of para-hydroxylation sites is 1. The van der Waals surface area contributed by atoms with Gasteiger partial charge in [0, 0.05) is 10.9 Å². The van der Waals surface area contributed by atoms with E-state index >= 15 is 0 Å². The third-order valence-corrected chi connectivity index (χ3v) is 4.94. The van der Waals surface area contributed by atoms with Gasteiger partial charge in [0.25, 0.3) is 5.91 Å². The van der Waals surface area contributed by atoms with Gasteiger partial charge < -0.3 is 14.8 Å². The van der Waals surface area contributed by atoms with Gasteiger partial charge in [-0.15, -0.1) is 0 Å². The normalized spacial score (nSPS) is 13.0. The molecule has 1 fully saturated rings. The van der Waals surface area contributed by atoms with Crippen molar-refractivity contribution in [1.29, 1.82) is 0 Å². The van der Waals surface area contributed by atoms with Crippen molar-refractivity contribution in [2.24, 2.45) is 0 Å². The van der Waals surface area contributed by atoms with E-state index in [1.807, 2.05) is 30.3 Å². The Morgan fingerprint density at radius 2 is 1.93 bits per heavy atom. The van der Waals surface area contributed by atoms with E-state index in [1.54, 1.807) is 28.9 Å². The summed E-state index contributed by atoms with van der Waals surface area (Å²) in [5, 5.41) is 7.66. The summed E-state index contributed by atoms with van der Waals surface area (Å²) in [5.74, 6) is -0.293. The third-order valence-electron chi connectivity index (χ3n) is 4.70. The second-order valence-corrected chi connectivity index (χ2v) is 7.38. The summed E-state index contributed by atoms with van der Waals surface area (Å²) in [6.45, 7) is -0.451. The van der Waals surface area contributed by atoms with Gasteiger partial charge in [0.1, 0.15) is 5.75 Å². The van der Waals surface area contributed by atoms with Gasteiger partial charge in [-0.3, -0.25) is 4.79 Å². The molecule has 1 N–H and O–H groups in total. The molecule has 30 heavy (non-hydrogen) atoms. The molecule has 0 atom stereocenters. The highest BCUT2D eigenvalue weighted by Gasteiger charge is 2.29. The van der Waals surface area contributed by atoms with E-state index in [-0.39, 0.29) is 5.69 Å². The molecule has 0 saturated heterocycles. The van der Waals surface area contributed by atoms with Gasteiger partial charge in [-0.2, -0.15) is 5.10 Å². The molecule has 1 heterocycles. The molecule has 1 aliphatic rings. The molecular weight excluding hydrogens is 406 g/mol. The number of anilines is 1. The molecule has 3 aromatic rings. The van der Waals surface area contributed by atoms with Gasteiger partial charge in [-0.05, 0) is 49.2 Å². The lowest BCUT2D eigenvalue weighted by molar-refractivity contribution is -0.119. The standard InChI is InChI=1S/C22H20ClN3O4/c1-29-20-10-9-15(23)11-18(20)24-21(27)13-30-22(28)19-12-17(14-7-8-14)25-26(19)16-5-3-2-4-6-16/h2-6,9-12,14H,7-8,13H2,1H3,(H,24,27). The minimum Gasteiger partial charge on any atom is -0.495 e. The van der Waals surface area contributed by atoms with E-state index in [0.717, 1.165) is 24.2 Å². The maximum absolute atomic E-state index is 12.7. The number of rotatable bonds is 7. The zero-order valence-electron chi connectivity index (χ0n) is 16.3.